The standard InChI is InChI=1S/C23H22ClNO2.C2HF3O2/c24-21-11-7-17(8-12-21)4-1-2-15-27-22-13-9-18(10-14-22)19-5-3-6-20(16-19)23(25)26;3-2(4,5)1(6)7/h3,5-14,16H,1-2,4,15H2,(H2,25,26);(H,6,7). The van der Waals surface area contributed by atoms with Crippen LogP contribution in [0.5, 0.6) is 5.75 Å². The highest BCUT2D eigenvalue weighted by Gasteiger charge is 2.38. The number of rotatable bonds is 8. The van der Waals surface area contributed by atoms with Crippen LogP contribution < -0.4 is 10.5 Å². The number of halogens is 4. The molecule has 1 amide bonds. The number of carboxylic acids is 1. The van der Waals surface area contributed by atoms with E-state index >= 15 is 0 Å². The van der Waals surface area contributed by atoms with Gasteiger partial charge >= 0.3 is 12.1 Å². The number of hydrogen-bond donors (Lipinski definition) is 2. The molecule has 0 aliphatic carbocycles. The molecule has 0 spiro atoms. The van der Waals surface area contributed by atoms with E-state index in [4.69, 9.17) is 32.0 Å². The minimum Gasteiger partial charge on any atom is -0.494 e. The van der Waals surface area contributed by atoms with Crippen LogP contribution in [0.2, 0.25) is 5.02 Å². The molecule has 0 saturated heterocycles. The highest BCUT2D eigenvalue weighted by molar-refractivity contribution is 6.30. The topological polar surface area (TPSA) is 89.6 Å². The first-order valence-corrected chi connectivity index (χ1v) is 10.6. The summed E-state index contributed by atoms with van der Waals surface area (Å²) in [5.41, 5.74) is 9.13. The van der Waals surface area contributed by atoms with Crippen LogP contribution in [0, 0.1) is 0 Å². The van der Waals surface area contributed by atoms with Crippen molar-refractivity contribution >= 4 is 23.5 Å². The fraction of sp³-hybridized carbons (Fsp3) is 0.200. The van der Waals surface area contributed by atoms with Gasteiger partial charge in [0.25, 0.3) is 0 Å². The van der Waals surface area contributed by atoms with Gasteiger partial charge in [-0.05, 0) is 72.4 Å². The van der Waals surface area contributed by atoms with E-state index in [2.05, 4.69) is 12.1 Å². The molecule has 0 unspecified atom stereocenters. The molecule has 3 aromatic rings. The van der Waals surface area contributed by atoms with E-state index in [-0.39, 0.29) is 0 Å². The fourth-order valence-corrected chi connectivity index (χ4v) is 2.99. The number of primary amides is 1. The Morgan fingerprint density at radius 3 is 2.09 bits per heavy atom. The van der Waals surface area contributed by atoms with Gasteiger partial charge in [0.1, 0.15) is 5.75 Å². The number of benzene rings is 3. The second-order valence-electron chi connectivity index (χ2n) is 7.20. The Kier molecular flexibility index (Phi) is 9.94. The first kappa shape index (κ1) is 26.7. The molecule has 0 fully saturated rings. The van der Waals surface area contributed by atoms with E-state index in [9.17, 15) is 18.0 Å². The molecule has 5 nitrogen and oxygen atoms in total. The van der Waals surface area contributed by atoms with Crippen LogP contribution in [0.1, 0.15) is 28.8 Å². The van der Waals surface area contributed by atoms with Crippen molar-refractivity contribution in [3.63, 3.8) is 0 Å². The van der Waals surface area contributed by atoms with Crippen LogP contribution in [0.4, 0.5) is 13.2 Å². The lowest BCUT2D eigenvalue weighted by Gasteiger charge is -2.08. The number of unbranched alkanes of at least 4 members (excludes halogenated alkanes) is 1. The van der Waals surface area contributed by atoms with Gasteiger partial charge in [0, 0.05) is 10.6 Å². The molecule has 3 N–H and O–H groups in total. The summed E-state index contributed by atoms with van der Waals surface area (Å²) in [7, 11) is 0. The second kappa shape index (κ2) is 12.6. The van der Waals surface area contributed by atoms with E-state index in [1.165, 1.54) is 5.56 Å². The molecule has 0 bridgehead atoms. The molecule has 0 radical (unpaired) electrons. The van der Waals surface area contributed by atoms with Crippen molar-refractivity contribution in [1.82, 2.24) is 0 Å². The fourth-order valence-electron chi connectivity index (χ4n) is 2.87. The van der Waals surface area contributed by atoms with Gasteiger partial charge in [0.2, 0.25) is 5.91 Å². The largest absolute Gasteiger partial charge is 0.494 e. The Morgan fingerprint density at radius 1 is 0.912 bits per heavy atom. The summed E-state index contributed by atoms with van der Waals surface area (Å²) in [6.45, 7) is 0.685. The van der Waals surface area contributed by atoms with E-state index < -0.39 is 18.1 Å². The molecule has 0 atom stereocenters. The van der Waals surface area contributed by atoms with Crippen LogP contribution >= 0.6 is 11.6 Å². The third-order valence-electron chi connectivity index (χ3n) is 4.62. The van der Waals surface area contributed by atoms with Gasteiger partial charge in [-0.25, -0.2) is 4.79 Å². The first-order valence-electron chi connectivity index (χ1n) is 10.2. The third kappa shape index (κ3) is 9.15. The maximum Gasteiger partial charge on any atom is 0.490 e. The summed E-state index contributed by atoms with van der Waals surface area (Å²) in [4.78, 5) is 20.2. The Bertz CT molecular complexity index is 1080. The maximum atomic E-state index is 11.3. The molecule has 180 valence electrons. The predicted octanol–water partition coefficient (Wildman–Crippen LogP) is 6.14. The van der Waals surface area contributed by atoms with Crippen molar-refractivity contribution in [2.24, 2.45) is 5.73 Å². The Hall–Kier alpha value is -3.52. The SMILES string of the molecule is NC(=O)c1cccc(-c2ccc(OCCCCc3ccc(Cl)cc3)cc2)c1.O=C(O)C(F)(F)F. The van der Waals surface area contributed by atoms with Crippen molar-refractivity contribution in [1.29, 1.82) is 0 Å². The number of alkyl halides is 3. The number of aliphatic carboxylic acids is 1. The van der Waals surface area contributed by atoms with Crippen LogP contribution in [-0.4, -0.2) is 29.8 Å². The summed E-state index contributed by atoms with van der Waals surface area (Å²) < 4.78 is 37.6. The molecule has 0 heterocycles. The van der Waals surface area contributed by atoms with Crippen molar-refractivity contribution < 1.29 is 32.6 Å². The van der Waals surface area contributed by atoms with Crippen molar-refractivity contribution in [3.05, 3.63) is 88.9 Å². The zero-order valence-electron chi connectivity index (χ0n) is 18.0. The lowest BCUT2D eigenvalue weighted by Crippen LogP contribution is -2.21. The summed E-state index contributed by atoms with van der Waals surface area (Å²) in [6, 6.07) is 23.2. The molecule has 0 aromatic heterocycles. The number of ether oxygens (including phenoxy) is 1. The summed E-state index contributed by atoms with van der Waals surface area (Å²) >= 11 is 5.89. The minimum atomic E-state index is -5.08. The molecule has 0 saturated carbocycles. The van der Waals surface area contributed by atoms with Crippen LogP contribution in [-0.2, 0) is 11.2 Å². The quantitative estimate of drug-likeness (QED) is 0.369. The molecule has 34 heavy (non-hydrogen) atoms. The molecule has 0 aliphatic rings. The Morgan fingerprint density at radius 2 is 1.53 bits per heavy atom. The average Bonchev–Trinajstić information content (AvgIpc) is 2.80. The summed E-state index contributed by atoms with van der Waals surface area (Å²) in [5.74, 6) is -2.33. The van der Waals surface area contributed by atoms with Gasteiger partial charge in [0.15, 0.2) is 0 Å². The summed E-state index contributed by atoms with van der Waals surface area (Å²) in [5, 5.41) is 7.90. The highest BCUT2D eigenvalue weighted by Crippen LogP contribution is 2.23. The molecule has 3 rings (SSSR count). The van der Waals surface area contributed by atoms with Gasteiger partial charge in [-0.3, -0.25) is 4.79 Å². The van der Waals surface area contributed by atoms with Gasteiger partial charge < -0.3 is 15.6 Å². The number of nitrogens with two attached hydrogens (primary N) is 1. The zero-order valence-corrected chi connectivity index (χ0v) is 18.8. The normalized spacial score (nSPS) is 10.7. The van der Waals surface area contributed by atoms with Gasteiger partial charge in [-0.15, -0.1) is 0 Å². The second-order valence-corrected chi connectivity index (χ2v) is 7.64. The molecule has 0 aliphatic heterocycles. The Labute approximate surface area is 199 Å². The van der Waals surface area contributed by atoms with E-state index in [1.807, 2.05) is 48.5 Å². The van der Waals surface area contributed by atoms with Gasteiger partial charge in [0.05, 0.1) is 6.61 Å². The number of aryl methyl sites for hydroxylation is 1. The smallest absolute Gasteiger partial charge is 0.490 e. The number of carbonyl (C=O) groups excluding carboxylic acids is 1. The van der Waals surface area contributed by atoms with Crippen LogP contribution in [0.15, 0.2) is 72.8 Å². The van der Waals surface area contributed by atoms with Gasteiger partial charge in [-0.2, -0.15) is 13.2 Å². The first-order chi connectivity index (χ1) is 16.1. The van der Waals surface area contributed by atoms with Crippen LogP contribution in [0.25, 0.3) is 11.1 Å². The zero-order chi connectivity index (χ0) is 25.1. The lowest BCUT2D eigenvalue weighted by atomic mass is 10.0. The highest BCUT2D eigenvalue weighted by atomic mass is 35.5. The third-order valence-corrected chi connectivity index (χ3v) is 4.87. The lowest BCUT2D eigenvalue weighted by molar-refractivity contribution is -0.192. The Balaban J connectivity index is 0.000000509. The van der Waals surface area contributed by atoms with E-state index in [0.717, 1.165) is 41.2 Å². The monoisotopic (exact) mass is 493 g/mol. The number of amides is 1. The van der Waals surface area contributed by atoms with Crippen LogP contribution in [0.3, 0.4) is 0 Å². The number of carbonyl (C=O) groups is 2. The number of carboxylic acid groups (broad SMARTS) is 1. The minimum absolute atomic E-state index is 0.421. The van der Waals surface area contributed by atoms with E-state index in [1.54, 1.807) is 12.1 Å². The van der Waals surface area contributed by atoms with Gasteiger partial charge in [-0.1, -0.05) is 48.0 Å². The van der Waals surface area contributed by atoms with E-state index in [0.29, 0.717) is 12.2 Å². The maximum absolute atomic E-state index is 11.3. The summed E-state index contributed by atoms with van der Waals surface area (Å²) in [6.07, 6.45) is -2.00. The molecule has 3 aromatic carbocycles. The average molecular weight is 494 g/mol. The molecular weight excluding hydrogens is 471 g/mol. The molecular formula is C25H23ClF3NO4. The molecule has 9 heteroatoms. The van der Waals surface area contributed by atoms with Crippen molar-refractivity contribution in [3.8, 4) is 16.9 Å². The number of hydrogen-bond acceptors (Lipinski definition) is 3. The van der Waals surface area contributed by atoms with Crippen molar-refractivity contribution in [2.75, 3.05) is 6.61 Å². The predicted molar refractivity (Wildman–Crippen MR) is 124 cm³/mol. The van der Waals surface area contributed by atoms with Crippen molar-refractivity contribution in [2.45, 2.75) is 25.4 Å².